The molecule has 17 heavy (non-hydrogen) atoms. The van der Waals surface area contributed by atoms with E-state index in [1.54, 1.807) is 13.8 Å². The highest BCUT2D eigenvalue weighted by atomic mass is 16.8. The number of amides is 2. The second-order valence-corrected chi connectivity index (χ2v) is 3.40. The van der Waals surface area contributed by atoms with Gasteiger partial charge in [-0.1, -0.05) is 0 Å². The number of ether oxygens (including phenoxy) is 2. The van der Waals surface area contributed by atoms with Gasteiger partial charge in [0.2, 0.25) is 6.79 Å². The van der Waals surface area contributed by atoms with Gasteiger partial charge in [0.15, 0.2) is 0 Å². The van der Waals surface area contributed by atoms with Crippen LogP contribution in [0.25, 0.3) is 0 Å². The molecule has 1 N–H and O–H groups in total. The molecule has 100 valence electrons. The summed E-state index contributed by atoms with van der Waals surface area (Å²) >= 11 is 0. The van der Waals surface area contributed by atoms with Gasteiger partial charge in [0, 0.05) is 13.1 Å². The molecule has 7 heteroatoms. The highest BCUT2D eigenvalue weighted by Gasteiger charge is 2.10. The van der Waals surface area contributed by atoms with Crippen LogP contribution in [0.1, 0.15) is 27.7 Å². The molecule has 0 saturated heterocycles. The van der Waals surface area contributed by atoms with Gasteiger partial charge in [-0.3, -0.25) is 0 Å². The van der Waals surface area contributed by atoms with E-state index in [-0.39, 0.29) is 12.1 Å². The van der Waals surface area contributed by atoms with Crippen LogP contribution in [0.15, 0.2) is 0 Å². The smallest absolute Gasteiger partial charge is 0.432 e. The van der Waals surface area contributed by atoms with Gasteiger partial charge in [-0.15, -0.1) is 0 Å². The molecule has 0 unspecified atom stereocenters. The average molecular weight is 248 g/mol. The zero-order valence-corrected chi connectivity index (χ0v) is 10.7. The molecule has 0 spiro atoms. The van der Waals surface area contributed by atoms with Crippen molar-refractivity contribution >= 4 is 12.2 Å². The lowest BCUT2D eigenvalue weighted by Gasteiger charge is -2.18. The topological polar surface area (TPSA) is 77.1 Å². The molecule has 7 nitrogen and oxygen atoms in total. The Morgan fingerprint density at radius 3 is 2.29 bits per heavy atom. The molecule has 0 atom stereocenters. The molecule has 0 aliphatic carbocycles. The first kappa shape index (κ1) is 15.5. The molecule has 0 aliphatic rings. The van der Waals surface area contributed by atoms with Crippen molar-refractivity contribution < 1.29 is 23.9 Å². The quantitative estimate of drug-likeness (QED) is 0.333. The number of carbonyl (C=O) groups excluding carboxylic acids is 2. The third-order valence-electron chi connectivity index (χ3n) is 1.78. The number of carbonyl (C=O) groups is 2. The maximum Gasteiger partial charge on any atom is 0.510 e. The summed E-state index contributed by atoms with van der Waals surface area (Å²) in [4.78, 5) is 28.4. The molecule has 0 saturated carbocycles. The summed E-state index contributed by atoms with van der Waals surface area (Å²) in [5.41, 5.74) is 2.15. The number of hydrogen-bond donors (Lipinski definition) is 1. The first-order chi connectivity index (χ1) is 8.01. The van der Waals surface area contributed by atoms with Gasteiger partial charge in [-0.05, 0) is 27.7 Å². The summed E-state index contributed by atoms with van der Waals surface area (Å²) in [7, 11) is 0. The molecule has 0 aromatic heterocycles. The van der Waals surface area contributed by atoms with Crippen LogP contribution >= 0.6 is 0 Å². The van der Waals surface area contributed by atoms with Crippen molar-refractivity contribution in [1.82, 2.24) is 10.4 Å². The lowest BCUT2D eigenvalue weighted by molar-refractivity contribution is -0.0801. The maximum absolute atomic E-state index is 11.3. The lowest BCUT2D eigenvalue weighted by atomic mass is 10.5. The molecule has 0 aliphatic heterocycles. The number of hydrogen-bond acceptors (Lipinski definition) is 5. The summed E-state index contributed by atoms with van der Waals surface area (Å²) < 4.78 is 9.22. The number of nitrogens with zero attached hydrogens (tertiary/aromatic N) is 1. The normalized spacial score (nSPS) is 9.94. The summed E-state index contributed by atoms with van der Waals surface area (Å²) in [5.74, 6) is 0. The first-order valence-electron chi connectivity index (χ1n) is 5.51. The monoisotopic (exact) mass is 248 g/mol. The number of rotatable bonds is 6. The molecular weight excluding hydrogens is 228 g/mol. The number of urea groups is 1. The van der Waals surface area contributed by atoms with Crippen molar-refractivity contribution in [3.05, 3.63) is 0 Å². The van der Waals surface area contributed by atoms with E-state index in [9.17, 15) is 9.59 Å². The Hall–Kier alpha value is -1.50. The van der Waals surface area contributed by atoms with Crippen LogP contribution < -0.4 is 5.48 Å². The standard InChI is InChI=1S/C10H20N2O5/c1-5-12(6-2)9(13)11-16-7-15-10(14)17-8(3)4/h8H,5-7H2,1-4H3,(H,11,13). The van der Waals surface area contributed by atoms with Gasteiger partial charge in [-0.25, -0.2) is 19.9 Å². The SMILES string of the molecule is CCN(CC)C(=O)NOCOC(=O)OC(C)C. The second kappa shape index (κ2) is 8.63. The van der Waals surface area contributed by atoms with Crippen molar-refractivity contribution in [2.75, 3.05) is 19.9 Å². The van der Waals surface area contributed by atoms with Crippen LogP contribution in [0, 0.1) is 0 Å². The van der Waals surface area contributed by atoms with Crippen molar-refractivity contribution in [3.8, 4) is 0 Å². The van der Waals surface area contributed by atoms with E-state index in [1.165, 1.54) is 4.90 Å². The average Bonchev–Trinajstić information content (AvgIpc) is 2.25. The molecule has 0 radical (unpaired) electrons. The van der Waals surface area contributed by atoms with Gasteiger partial charge in [0.05, 0.1) is 6.10 Å². The van der Waals surface area contributed by atoms with E-state index in [4.69, 9.17) is 0 Å². The predicted molar refractivity (Wildman–Crippen MR) is 60.1 cm³/mol. The molecule has 0 aromatic carbocycles. The van der Waals surface area contributed by atoms with Crippen LogP contribution in [0.2, 0.25) is 0 Å². The molecular formula is C10H20N2O5. The van der Waals surface area contributed by atoms with E-state index in [1.807, 2.05) is 13.8 Å². The molecule has 0 heterocycles. The Bertz CT molecular complexity index is 241. The van der Waals surface area contributed by atoms with E-state index in [2.05, 4.69) is 19.8 Å². The summed E-state index contributed by atoms with van der Waals surface area (Å²) in [5, 5.41) is 0. The van der Waals surface area contributed by atoms with E-state index >= 15 is 0 Å². The fourth-order valence-electron chi connectivity index (χ4n) is 0.971. The van der Waals surface area contributed by atoms with E-state index in [0.717, 1.165) is 0 Å². The minimum absolute atomic E-state index is 0.257. The van der Waals surface area contributed by atoms with Gasteiger partial charge in [0.25, 0.3) is 0 Å². The van der Waals surface area contributed by atoms with E-state index < -0.39 is 12.9 Å². The largest absolute Gasteiger partial charge is 0.510 e. The van der Waals surface area contributed by atoms with Gasteiger partial charge >= 0.3 is 12.2 Å². The Balaban J connectivity index is 3.64. The van der Waals surface area contributed by atoms with Crippen molar-refractivity contribution in [3.63, 3.8) is 0 Å². The molecule has 2 amide bonds. The van der Waals surface area contributed by atoms with Gasteiger partial charge in [-0.2, -0.15) is 0 Å². The second-order valence-electron chi connectivity index (χ2n) is 3.40. The minimum atomic E-state index is -0.836. The van der Waals surface area contributed by atoms with Gasteiger partial charge in [0.1, 0.15) is 0 Å². The number of hydroxylamine groups is 1. The third-order valence-corrected chi connectivity index (χ3v) is 1.78. The Kier molecular flexibility index (Phi) is 7.87. The maximum atomic E-state index is 11.3. The summed E-state index contributed by atoms with van der Waals surface area (Å²) in [6.07, 6.45) is -1.09. The van der Waals surface area contributed by atoms with Crippen LogP contribution in [0.3, 0.4) is 0 Å². The van der Waals surface area contributed by atoms with Crippen molar-refractivity contribution in [2.24, 2.45) is 0 Å². The lowest BCUT2D eigenvalue weighted by Crippen LogP contribution is -2.40. The van der Waals surface area contributed by atoms with Crippen LogP contribution in [0.5, 0.6) is 0 Å². The van der Waals surface area contributed by atoms with Crippen LogP contribution in [-0.2, 0) is 14.3 Å². The minimum Gasteiger partial charge on any atom is -0.432 e. The zero-order valence-electron chi connectivity index (χ0n) is 10.7. The highest BCUT2D eigenvalue weighted by molar-refractivity contribution is 5.72. The Morgan fingerprint density at radius 1 is 1.24 bits per heavy atom. The fourth-order valence-corrected chi connectivity index (χ4v) is 0.971. The van der Waals surface area contributed by atoms with Gasteiger partial charge < -0.3 is 14.4 Å². The van der Waals surface area contributed by atoms with Crippen LogP contribution in [0.4, 0.5) is 9.59 Å². The first-order valence-corrected chi connectivity index (χ1v) is 5.51. The Morgan fingerprint density at radius 2 is 1.82 bits per heavy atom. The predicted octanol–water partition coefficient (Wildman–Crippen LogP) is 1.49. The summed E-state index contributed by atoms with van der Waals surface area (Å²) in [6.45, 7) is 7.84. The van der Waals surface area contributed by atoms with Crippen molar-refractivity contribution in [2.45, 2.75) is 33.8 Å². The van der Waals surface area contributed by atoms with Crippen molar-refractivity contribution in [1.29, 1.82) is 0 Å². The number of nitrogens with one attached hydrogen (secondary N) is 1. The molecule has 0 rings (SSSR count). The molecule has 0 fully saturated rings. The Labute approximate surface area is 101 Å². The summed E-state index contributed by atoms with van der Waals surface area (Å²) in [6, 6.07) is -0.379. The third kappa shape index (κ3) is 7.40. The zero-order chi connectivity index (χ0) is 13.3. The molecule has 0 bridgehead atoms. The fraction of sp³-hybridized carbons (Fsp3) is 0.800. The highest BCUT2D eigenvalue weighted by Crippen LogP contribution is 1.93. The molecule has 0 aromatic rings. The van der Waals surface area contributed by atoms with E-state index in [0.29, 0.717) is 13.1 Å². The van der Waals surface area contributed by atoms with Crippen LogP contribution in [-0.4, -0.2) is 43.1 Å².